The molecule has 2 heterocycles. The molecule has 0 radical (unpaired) electrons. The Labute approximate surface area is 128 Å². The number of amides is 2. The quantitative estimate of drug-likeness (QED) is 0.877. The minimum atomic E-state index is -0.283. The molecule has 2 aromatic rings. The summed E-state index contributed by atoms with van der Waals surface area (Å²) in [5.41, 5.74) is 4.02. The van der Waals surface area contributed by atoms with Crippen LogP contribution in [0.15, 0.2) is 53.5 Å². The number of ether oxygens (including phenoxy) is 1. The van der Waals surface area contributed by atoms with Crippen molar-refractivity contribution in [2.24, 2.45) is 10.9 Å². The van der Waals surface area contributed by atoms with Crippen LogP contribution in [0, 0.1) is 12.8 Å². The van der Waals surface area contributed by atoms with E-state index >= 15 is 0 Å². The second-order valence-electron chi connectivity index (χ2n) is 5.75. The molecular weight excluding hydrogens is 276 g/mol. The summed E-state index contributed by atoms with van der Waals surface area (Å²) in [6.45, 7) is 2.57. The Morgan fingerprint density at radius 3 is 2.91 bits per heavy atom. The second-order valence-corrected chi connectivity index (χ2v) is 5.75. The highest BCUT2D eigenvalue weighted by Gasteiger charge is 2.38. The number of aliphatic imine (C=N–C) groups is 1. The van der Waals surface area contributed by atoms with Gasteiger partial charge in [-0.05, 0) is 24.6 Å². The maximum Gasteiger partial charge on any atom is 0.341 e. The molecule has 110 valence electrons. The maximum absolute atomic E-state index is 12.1. The van der Waals surface area contributed by atoms with Gasteiger partial charge in [-0.25, -0.2) is 4.79 Å². The third-order valence-electron chi connectivity index (χ3n) is 4.24. The van der Waals surface area contributed by atoms with Crippen LogP contribution >= 0.6 is 0 Å². The molecule has 0 bridgehead atoms. The number of hydrogen-bond donors (Lipinski definition) is 1. The number of benzene rings is 2. The van der Waals surface area contributed by atoms with Crippen molar-refractivity contribution in [2.45, 2.75) is 13.0 Å². The first-order valence-corrected chi connectivity index (χ1v) is 7.40. The lowest BCUT2D eigenvalue weighted by atomic mass is 9.83. The highest BCUT2D eigenvalue weighted by molar-refractivity contribution is 6.11. The molecule has 0 saturated heterocycles. The summed E-state index contributed by atoms with van der Waals surface area (Å²) in [6.07, 6.45) is 0. The van der Waals surface area contributed by atoms with Gasteiger partial charge >= 0.3 is 6.03 Å². The SMILES string of the molecule is Cc1cccc(C2NC(=O)N=C3c4ccccc4OCC32)c1. The van der Waals surface area contributed by atoms with Crippen LogP contribution in [0.3, 0.4) is 0 Å². The van der Waals surface area contributed by atoms with Crippen LogP contribution in [0.2, 0.25) is 0 Å². The van der Waals surface area contributed by atoms with Gasteiger partial charge in [-0.15, -0.1) is 0 Å². The van der Waals surface area contributed by atoms with Gasteiger partial charge in [-0.3, -0.25) is 0 Å². The van der Waals surface area contributed by atoms with E-state index in [-0.39, 0.29) is 18.0 Å². The van der Waals surface area contributed by atoms with Crippen LogP contribution in [0.4, 0.5) is 4.79 Å². The predicted octanol–water partition coefficient (Wildman–Crippen LogP) is 3.26. The zero-order chi connectivity index (χ0) is 15.1. The summed E-state index contributed by atoms with van der Waals surface area (Å²) in [7, 11) is 0. The molecule has 1 N–H and O–H groups in total. The number of carbonyl (C=O) groups excluding carboxylic acids is 1. The van der Waals surface area contributed by atoms with Crippen molar-refractivity contribution in [3.8, 4) is 5.75 Å². The van der Waals surface area contributed by atoms with Crippen LogP contribution in [-0.4, -0.2) is 18.3 Å². The van der Waals surface area contributed by atoms with E-state index in [1.54, 1.807) is 0 Å². The van der Waals surface area contributed by atoms with Crippen molar-refractivity contribution in [2.75, 3.05) is 6.61 Å². The molecule has 2 aliphatic heterocycles. The van der Waals surface area contributed by atoms with Crippen molar-refractivity contribution in [1.29, 1.82) is 0 Å². The normalized spacial score (nSPS) is 22.8. The monoisotopic (exact) mass is 292 g/mol. The molecule has 4 heteroatoms. The number of urea groups is 1. The molecule has 4 nitrogen and oxygen atoms in total. The number of hydrogen-bond acceptors (Lipinski definition) is 2. The Balaban J connectivity index is 1.80. The second kappa shape index (κ2) is 4.98. The van der Waals surface area contributed by atoms with E-state index in [9.17, 15) is 4.79 Å². The van der Waals surface area contributed by atoms with E-state index in [1.807, 2.05) is 36.4 Å². The number of aryl methyl sites for hydroxylation is 1. The fraction of sp³-hybridized carbons (Fsp3) is 0.222. The molecule has 0 saturated carbocycles. The van der Waals surface area contributed by atoms with Gasteiger partial charge in [0.2, 0.25) is 0 Å². The van der Waals surface area contributed by atoms with E-state index in [2.05, 4.69) is 29.4 Å². The van der Waals surface area contributed by atoms with Crippen molar-refractivity contribution in [1.82, 2.24) is 5.32 Å². The number of rotatable bonds is 1. The number of para-hydroxylation sites is 1. The predicted molar refractivity (Wildman–Crippen MR) is 84.4 cm³/mol. The Bertz CT molecular complexity index is 782. The third-order valence-corrected chi connectivity index (χ3v) is 4.24. The molecule has 2 unspecified atom stereocenters. The van der Waals surface area contributed by atoms with Gasteiger partial charge in [0.1, 0.15) is 5.75 Å². The molecule has 0 fully saturated rings. The van der Waals surface area contributed by atoms with Crippen molar-refractivity contribution < 1.29 is 9.53 Å². The first-order valence-electron chi connectivity index (χ1n) is 7.40. The maximum atomic E-state index is 12.1. The molecule has 2 amide bonds. The van der Waals surface area contributed by atoms with Crippen molar-refractivity contribution >= 4 is 11.7 Å². The fourth-order valence-electron chi connectivity index (χ4n) is 3.21. The summed E-state index contributed by atoms with van der Waals surface area (Å²) >= 11 is 0. The van der Waals surface area contributed by atoms with E-state index in [1.165, 1.54) is 5.56 Å². The van der Waals surface area contributed by atoms with Crippen LogP contribution in [-0.2, 0) is 0 Å². The molecule has 0 aromatic heterocycles. The summed E-state index contributed by atoms with van der Waals surface area (Å²) in [6, 6.07) is 15.6. The zero-order valence-corrected chi connectivity index (χ0v) is 12.2. The topological polar surface area (TPSA) is 50.7 Å². The van der Waals surface area contributed by atoms with Gasteiger partial charge in [0.05, 0.1) is 24.3 Å². The van der Waals surface area contributed by atoms with Gasteiger partial charge in [-0.2, -0.15) is 4.99 Å². The first-order chi connectivity index (χ1) is 10.7. The number of carbonyl (C=O) groups is 1. The lowest BCUT2D eigenvalue weighted by Crippen LogP contribution is -2.45. The number of nitrogens with zero attached hydrogens (tertiary/aromatic N) is 1. The Hall–Kier alpha value is -2.62. The summed E-state index contributed by atoms with van der Waals surface area (Å²) < 4.78 is 5.88. The number of nitrogens with one attached hydrogen (secondary N) is 1. The van der Waals surface area contributed by atoms with Gasteiger partial charge < -0.3 is 10.1 Å². The lowest BCUT2D eigenvalue weighted by molar-refractivity contribution is 0.217. The molecule has 0 spiro atoms. The number of fused-ring (bicyclic) bond motifs is 3. The summed E-state index contributed by atoms with van der Waals surface area (Å²) in [5, 5.41) is 2.98. The smallest absolute Gasteiger partial charge is 0.341 e. The molecule has 4 rings (SSSR count). The van der Waals surface area contributed by atoms with E-state index in [0.717, 1.165) is 22.6 Å². The van der Waals surface area contributed by atoms with Gasteiger partial charge in [0.15, 0.2) is 0 Å². The van der Waals surface area contributed by atoms with E-state index in [0.29, 0.717) is 6.61 Å². The highest BCUT2D eigenvalue weighted by Crippen LogP contribution is 2.36. The van der Waals surface area contributed by atoms with E-state index in [4.69, 9.17) is 4.74 Å². The van der Waals surface area contributed by atoms with Crippen LogP contribution in [0.25, 0.3) is 0 Å². The van der Waals surface area contributed by atoms with E-state index < -0.39 is 0 Å². The highest BCUT2D eigenvalue weighted by atomic mass is 16.5. The lowest BCUT2D eigenvalue weighted by Gasteiger charge is -2.36. The van der Waals surface area contributed by atoms with Crippen LogP contribution in [0.1, 0.15) is 22.7 Å². The first kappa shape index (κ1) is 13.1. The Morgan fingerprint density at radius 1 is 1.18 bits per heavy atom. The Kier molecular flexibility index (Phi) is 2.96. The molecule has 0 aliphatic carbocycles. The minimum absolute atomic E-state index is 0.0365. The summed E-state index contributed by atoms with van der Waals surface area (Å²) in [4.78, 5) is 16.3. The standard InChI is InChI=1S/C18H16N2O2/c1-11-5-4-6-12(9-11)16-14-10-22-15-8-3-2-7-13(15)17(14)20-18(21)19-16/h2-9,14,16H,10H2,1H3,(H,19,21). The fourth-order valence-corrected chi connectivity index (χ4v) is 3.21. The molecule has 2 atom stereocenters. The zero-order valence-electron chi connectivity index (χ0n) is 12.2. The average Bonchev–Trinajstić information content (AvgIpc) is 2.54. The Morgan fingerprint density at radius 2 is 2.05 bits per heavy atom. The molecule has 22 heavy (non-hydrogen) atoms. The van der Waals surface area contributed by atoms with Gasteiger partial charge in [0.25, 0.3) is 0 Å². The molecular formula is C18H16N2O2. The molecule has 2 aliphatic rings. The van der Waals surface area contributed by atoms with Crippen LogP contribution in [0.5, 0.6) is 5.75 Å². The molecule has 2 aromatic carbocycles. The van der Waals surface area contributed by atoms with Crippen molar-refractivity contribution in [3.05, 3.63) is 65.2 Å². The minimum Gasteiger partial charge on any atom is -0.492 e. The third kappa shape index (κ3) is 2.08. The van der Waals surface area contributed by atoms with Gasteiger partial charge in [-0.1, -0.05) is 42.0 Å². The van der Waals surface area contributed by atoms with Crippen molar-refractivity contribution in [3.63, 3.8) is 0 Å². The van der Waals surface area contributed by atoms with Crippen LogP contribution < -0.4 is 10.1 Å². The summed E-state index contributed by atoms with van der Waals surface area (Å²) in [5.74, 6) is 0.838. The average molecular weight is 292 g/mol. The van der Waals surface area contributed by atoms with Gasteiger partial charge in [0, 0.05) is 5.56 Å². The largest absolute Gasteiger partial charge is 0.492 e.